The maximum absolute atomic E-state index is 12.6. The van der Waals surface area contributed by atoms with Crippen LogP contribution in [0, 0.1) is 5.41 Å². The van der Waals surface area contributed by atoms with Gasteiger partial charge in [0.2, 0.25) is 5.91 Å². The van der Waals surface area contributed by atoms with E-state index in [1.54, 1.807) is 20.9 Å². The van der Waals surface area contributed by atoms with Gasteiger partial charge in [0.15, 0.2) is 5.96 Å². The summed E-state index contributed by atoms with van der Waals surface area (Å²) in [5.41, 5.74) is -0.357. The minimum absolute atomic E-state index is 0. The number of carbonyl (C=O) groups excluding carboxylic acids is 1. The molecule has 11 heteroatoms. The molecule has 0 aliphatic rings. The summed E-state index contributed by atoms with van der Waals surface area (Å²) in [6.07, 6.45) is 0. The van der Waals surface area contributed by atoms with Gasteiger partial charge in [-0.05, 0) is 32.9 Å². The largest absolute Gasteiger partial charge is 0.433 e. The number of carbonyl (C=O) groups is 1. The Bertz CT molecular complexity index is 691. The van der Waals surface area contributed by atoms with Gasteiger partial charge in [-0.3, -0.25) is 4.79 Å². The first-order valence-corrected chi connectivity index (χ1v) is 9.03. The van der Waals surface area contributed by atoms with Crippen molar-refractivity contribution in [2.45, 2.75) is 33.9 Å². The molecule has 1 amide bonds. The Morgan fingerprint density at radius 2 is 1.93 bits per heavy atom. The van der Waals surface area contributed by atoms with E-state index in [4.69, 9.17) is 23.2 Å². The molecule has 1 aromatic carbocycles. The van der Waals surface area contributed by atoms with E-state index >= 15 is 0 Å². The van der Waals surface area contributed by atoms with Crippen LogP contribution < -0.4 is 20.7 Å². The van der Waals surface area contributed by atoms with Gasteiger partial charge in [-0.1, -0.05) is 23.2 Å². The molecule has 0 bridgehead atoms. The van der Waals surface area contributed by atoms with Crippen molar-refractivity contribution in [1.29, 1.82) is 0 Å². The van der Waals surface area contributed by atoms with E-state index in [-0.39, 0.29) is 52.2 Å². The molecule has 3 N–H and O–H groups in total. The van der Waals surface area contributed by atoms with Crippen LogP contribution in [0.3, 0.4) is 0 Å². The second kappa shape index (κ2) is 12.5. The van der Waals surface area contributed by atoms with Crippen molar-refractivity contribution in [3.63, 3.8) is 0 Å². The lowest BCUT2D eigenvalue weighted by Crippen LogP contribution is -2.47. The molecule has 0 unspecified atom stereocenters. The number of alkyl halides is 2. The lowest BCUT2D eigenvalue weighted by Gasteiger charge is -2.24. The average Bonchev–Trinajstić information content (AvgIpc) is 2.58. The highest BCUT2D eigenvalue weighted by molar-refractivity contribution is 14.0. The molecule has 0 saturated heterocycles. The molecule has 1 aromatic rings. The Hall–Kier alpha value is -1.07. The number of benzene rings is 1. The van der Waals surface area contributed by atoms with Crippen LogP contribution in [-0.4, -0.2) is 38.6 Å². The summed E-state index contributed by atoms with van der Waals surface area (Å²) in [6.45, 7) is 3.31. The summed E-state index contributed by atoms with van der Waals surface area (Å²) in [6, 6.07) is 2.79. The molecule has 28 heavy (non-hydrogen) atoms. The Balaban J connectivity index is 0.00000729. The number of nitrogens with zero attached hydrogens (tertiary/aromatic N) is 1. The molecule has 0 aliphatic heterocycles. The fraction of sp³-hybridized carbons (Fsp3) is 0.529. The standard InChI is InChI=1S/C17H24Cl2F2N4O2.HI/c1-5-23-16(25-9-17(2,3)14(26)22-4)24-8-10-6-11(18)7-12(19)13(10)27-15(20)21;/h6-7,15H,5,8-9H2,1-4H3,(H,22,26)(H2,23,24,25);1H. The van der Waals surface area contributed by atoms with E-state index in [2.05, 4.69) is 25.7 Å². The molecule has 0 aliphatic carbocycles. The van der Waals surface area contributed by atoms with Crippen molar-refractivity contribution in [3.05, 3.63) is 27.7 Å². The highest BCUT2D eigenvalue weighted by atomic mass is 127. The summed E-state index contributed by atoms with van der Waals surface area (Å²) in [5, 5.41) is 8.95. The molecule has 0 saturated carbocycles. The molecular formula is C17H25Cl2F2IN4O2. The van der Waals surface area contributed by atoms with E-state index in [0.717, 1.165) is 0 Å². The molecule has 0 fully saturated rings. The van der Waals surface area contributed by atoms with Crippen LogP contribution in [0.15, 0.2) is 17.1 Å². The van der Waals surface area contributed by atoms with E-state index in [1.165, 1.54) is 12.1 Å². The Morgan fingerprint density at radius 1 is 1.29 bits per heavy atom. The van der Waals surface area contributed by atoms with Gasteiger partial charge in [0.05, 0.1) is 17.0 Å². The summed E-state index contributed by atoms with van der Waals surface area (Å²) >= 11 is 11.9. The average molecular weight is 553 g/mol. The Labute approximate surface area is 190 Å². The first-order chi connectivity index (χ1) is 12.6. The molecule has 0 atom stereocenters. The smallest absolute Gasteiger partial charge is 0.387 e. The molecule has 6 nitrogen and oxygen atoms in total. The number of aliphatic imine (C=N–C) groups is 1. The lowest BCUT2D eigenvalue weighted by atomic mass is 9.92. The maximum atomic E-state index is 12.6. The van der Waals surface area contributed by atoms with Gasteiger partial charge in [0.25, 0.3) is 0 Å². The van der Waals surface area contributed by atoms with E-state index in [1.807, 2.05) is 6.92 Å². The van der Waals surface area contributed by atoms with Gasteiger partial charge in [-0.15, -0.1) is 24.0 Å². The van der Waals surface area contributed by atoms with Gasteiger partial charge in [-0.25, -0.2) is 4.99 Å². The zero-order valence-corrected chi connectivity index (χ0v) is 19.9. The van der Waals surface area contributed by atoms with Crippen LogP contribution in [0.5, 0.6) is 5.75 Å². The minimum Gasteiger partial charge on any atom is -0.433 e. The van der Waals surface area contributed by atoms with Gasteiger partial charge in [0, 0.05) is 30.7 Å². The lowest BCUT2D eigenvalue weighted by molar-refractivity contribution is -0.128. The van der Waals surface area contributed by atoms with Crippen molar-refractivity contribution >= 4 is 59.0 Å². The normalized spacial score (nSPS) is 11.7. The van der Waals surface area contributed by atoms with Gasteiger partial charge in [0.1, 0.15) is 5.75 Å². The number of nitrogens with one attached hydrogen (secondary N) is 3. The summed E-state index contributed by atoms with van der Waals surface area (Å²) in [5.74, 6) is 0.120. The number of halogens is 5. The van der Waals surface area contributed by atoms with Gasteiger partial charge < -0.3 is 20.7 Å². The number of amides is 1. The summed E-state index contributed by atoms with van der Waals surface area (Å²) in [7, 11) is 1.57. The van der Waals surface area contributed by atoms with Crippen LogP contribution >= 0.6 is 47.2 Å². The third-order valence-electron chi connectivity index (χ3n) is 3.58. The van der Waals surface area contributed by atoms with E-state index in [0.29, 0.717) is 24.6 Å². The van der Waals surface area contributed by atoms with Crippen LogP contribution in [-0.2, 0) is 11.3 Å². The molecule has 0 heterocycles. The fourth-order valence-corrected chi connectivity index (χ4v) is 2.76. The number of guanidine groups is 1. The van der Waals surface area contributed by atoms with Crippen LogP contribution in [0.2, 0.25) is 10.0 Å². The second-order valence-electron chi connectivity index (χ2n) is 6.27. The predicted octanol–water partition coefficient (Wildman–Crippen LogP) is 4.04. The summed E-state index contributed by atoms with van der Waals surface area (Å²) < 4.78 is 29.8. The third-order valence-corrected chi connectivity index (χ3v) is 4.08. The van der Waals surface area contributed by atoms with Crippen LogP contribution in [0.4, 0.5) is 8.78 Å². The Morgan fingerprint density at radius 3 is 2.46 bits per heavy atom. The topological polar surface area (TPSA) is 74.8 Å². The van der Waals surface area contributed by atoms with Crippen molar-refractivity contribution in [3.8, 4) is 5.75 Å². The molecular weight excluding hydrogens is 528 g/mol. The zero-order valence-electron chi connectivity index (χ0n) is 16.0. The number of rotatable bonds is 8. The van der Waals surface area contributed by atoms with Crippen molar-refractivity contribution in [2.24, 2.45) is 10.4 Å². The van der Waals surface area contributed by atoms with Crippen molar-refractivity contribution in [2.75, 3.05) is 20.1 Å². The Kier molecular flexibility index (Phi) is 12.0. The van der Waals surface area contributed by atoms with E-state index < -0.39 is 12.0 Å². The molecule has 1 rings (SSSR count). The first-order valence-electron chi connectivity index (χ1n) is 8.27. The van der Waals surface area contributed by atoms with Crippen molar-refractivity contribution < 1.29 is 18.3 Å². The highest BCUT2D eigenvalue weighted by Gasteiger charge is 2.26. The first kappa shape index (κ1) is 26.9. The van der Waals surface area contributed by atoms with Crippen LogP contribution in [0.25, 0.3) is 0 Å². The molecule has 0 aromatic heterocycles. The number of hydrogen-bond donors (Lipinski definition) is 3. The van der Waals surface area contributed by atoms with Gasteiger partial charge >= 0.3 is 6.61 Å². The van der Waals surface area contributed by atoms with E-state index in [9.17, 15) is 13.6 Å². The predicted molar refractivity (Wildman–Crippen MR) is 119 cm³/mol. The maximum Gasteiger partial charge on any atom is 0.387 e. The molecule has 0 spiro atoms. The highest BCUT2D eigenvalue weighted by Crippen LogP contribution is 2.34. The fourth-order valence-electron chi connectivity index (χ4n) is 2.18. The molecule has 160 valence electrons. The molecule has 0 radical (unpaired) electrons. The quantitative estimate of drug-likeness (QED) is 0.258. The second-order valence-corrected chi connectivity index (χ2v) is 7.11. The summed E-state index contributed by atoms with van der Waals surface area (Å²) in [4.78, 5) is 16.2. The zero-order chi connectivity index (χ0) is 20.6. The number of ether oxygens (including phenoxy) is 1. The monoisotopic (exact) mass is 552 g/mol. The van der Waals surface area contributed by atoms with Crippen molar-refractivity contribution in [1.82, 2.24) is 16.0 Å². The number of hydrogen-bond acceptors (Lipinski definition) is 3. The minimum atomic E-state index is -3.02. The third kappa shape index (κ3) is 8.52. The van der Waals surface area contributed by atoms with Crippen LogP contribution in [0.1, 0.15) is 26.3 Å². The van der Waals surface area contributed by atoms with Gasteiger partial charge in [-0.2, -0.15) is 8.78 Å². The SMILES string of the molecule is CCNC(=NCc1cc(Cl)cc(Cl)c1OC(F)F)NCC(C)(C)C(=O)NC.I.